The molecule has 0 unspecified atom stereocenters. The van der Waals surface area contributed by atoms with Crippen molar-refractivity contribution in [2.45, 2.75) is 19.4 Å². The second-order valence-electron chi connectivity index (χ2n) is 5.01. The topological polar surface area (TPSA) is 49.4 Å². The zero-order valence-electron chi connectivity index (χ0n) is 11.5. The molecule has 0 saturated carbocycles. The normalized spacial score (nSPS) is 14.5. The lowest BCUT2D eigenvalue weighted by molar-refractivity contribution is -0.117. The number of nitrogens with zero attached hydrogens (tertiary/aromatic N) is 1. The van der Waals surface area contributed by atoms with Crippen molar-refractivity contribution in [2.24, 2.45) is 0 Å². The van der Waals surface area contributed by atoms with E-state index in [4.69, 9.17) is 0 Å². The Bertz CT molecular complexity index is 635. The molecule has 1 aliphatic rings. The van der Waals surface area contributed by atoms with Crippen LogP contribution in [0, 0.1) is 0 Å². The van der Waals surface area contributed by atoms with Crippen molar-refractivity contribution in [3.05, 3.63) is 52.2 Å². The molecule has 2 amide bonds. The lowest BCUT2D eigenvalue weighted by Gasteiger charge is -2.16. The van der Waals surface area contributed by atoms with Crippen LogP contribution in [0.2, 0.25) is 0 Å². The lowest BCUT2D eigenvalue weighted by Crippen LogP contribution is -2.24. The number of rotatable bonds is 4. The summed E-state index contributed by atoms with van der Waals surface area (Å²) < 4.78 is 0. The van der Waals surface area contributed by atoms with Gasteiger partial charge in [-0.05, 0) is 35.6 Å². The Morgan fingerprint density at radius 3 is 2.67 bits per heavy atom. The fraction of sp³-hybridized carbons (Fsp3) is 0.250. The van der Waals surface area contributed by atoms with E-state index in [0.29, 0.717) is 18.5 Å². The molecule has 1 aromatic heterocycles. The van der Waals surface area contributed by atoms with Gasteiger partial charge in [0.1, 0.15) is 0 Å². The van der Waals surface area contributed by atoms with Gasteiger partial charge < -0.3 is 10.2 Å². The van der Waals surface area contributed by atoms with E-state index in [0.717, 1.165) is 24.2 Å². The molecule has 1 aliphatic heterocycles. The van der Waals surface area contributed by atoms with Gasteiger partial charge >= 0.3 is 0 Å². The molecule has 0 radical (unpaired) electrons. The second-order valence-corrected chi connectivity index (χ2v) is 5.79. The van der Waals surface area contributed by atoms with Gasteiger partial charge in [-0.2, -0.15) is 11.3 Å². The van der Waals surface area contributed by atoms with Crippen molar-refractivity contribution >= 4 is 28.8 Å². The molecule has 0 bridgehead atoms. The van der Waals surface area contributed by atoms with Crippen LogP contribution < -0.4 is 10.2 Å². The molecule has 1 saturated heterocycles. The van der Waals surface area contributed by atoms with Crippen molar-refractivity contribution in [1.29, 1.82) is 0 Å². The Labute approximate surface area is 127 Å². The summed E-state index contributed by atoms with van der Waals surface area (Å²) in [7, 11) is 0. The highest BCUT2D eigenvalue weighted by atomic mass is 32.1. The summed E-state index contributed by atoms with van der Waals surface area (Å²) >= 11 is 1.51. The van der Waals surface area contributed by atoms with Crippen molar-refractivity contribution in [1.82, 2.24) is 5.32 Å². The van der Waals surface area contributed by atoms with Crippen LogP contribution in [0.5, 0.6) is 0 Å². The predicted octanol–water partition coefficient (Wildman–Crippen LogP) is 2.80. The Hall–Kier alpha value is -2.14. The maximum Gasteiger partial charge on any atom is 0.252 e. The van der Waals surface area contributed by atoms with Gasteiger partial charge in [0.05, 0.1) is 0 Å². The van der Waals surface area contributed by atoms with Crippen LogP contribution in [0.25, 0.3) is 0 Å². The molecule has 4 nitrogen and oxygen atoms in total. The smallest absolute Gasteiger partial charge is 0.252 e. The highest BCUT2D eigenvalue weighted by Gasteiger charge is 2.21. The maximum absolute atomic E-state index is 11.8. The Morgan fingerprint density at radius 1 is 1.24 bits per heavy atom. The molecule has 0 aliphatic carbocycles. The number of benzene rings is 1. The molecule has 1 aromatic carbocycles. The zero-order chi connectivity index (χ0) is 14.7. The van der Waals surface area contributed by atoms with Gasteiger partial charge in [0.25, 0.3) is 5.91 Å². The highest BCUT2D eigenvalue weighted by Crippen LogP contribution is 2.21. The van der Waals surface area contributed by atoms with Gasteiger partial charge in [-0.3, -0.25) is 9.59 Å². The molecule has 0 atom stereocenters. The first kappa shape index (κ1) is 13.8. The summed E-state index contributed by atoms with van der Waals surface area (Å²) in [6.45, 7) is 1.29. The number of nitrogens with one attached hydrogen (secondary N) is 1. The summed E-state index contributed by atoms with van der Waals surface area (Å²) in [6, 6.07) is 9.59. The molecule has 2 aromatic rings. The van der Waals surface area contributed by atoms with Gasteiger partial charge in [-0.15, -0.1) is 0 Å². The first-order valence-electron chi connectivity index (χ1n) is 6.94. The van der Waals surface area contributed by atoms with Gasteiger partial charge in [-0.1, -0.05) is 12.1 Å². The van der Waals surface area contributed by atoms with Crippen LogP contribution in [0.1, 0.15) is 28.8 Å². The minimum absolute atomic E-state index is 0.0601. The molecule has 21 heavy (non-hydrogen) atoms. The van der Waals surface area contributed by atoms with Crippen LogP contribution in [-0.2, 0) is 11.3 Å². The fourth-order valence-electron chi connectivity index (χ4n) is 2.39. The molecule has 2 heterocycles. The highest BCUT2D eigenvalue weighted by molar-refractivity contribution is 7.08. The van der Waals surface area contributed by atoms with E-state index in [-0.39, 0.29) is 11.8 Å². The number of thiophene rings is 1. The van der Waals surface area contributed by atoms with Crippen LogP contribution in [0.4, 0.5) is 5.69 Å². The lowest BCUT2D eigenvalue weighted by atomic mass is 10.2. The third-order valence-electron chi connectivity index (χ3n) is 3.56. The number of amides is 2. The van der Waals surface area contributed by atoms with Crippen molar-refractivity contribution in [2.75, 3.05) is 11.4 Å². The third-order valence-corrected chi connectivity index (χ3v) is 4.24. The number of hydrogen-bond donors (Lipinski definition) is 1. The van der Waals surface area contributed by atoms with E-state index in [1.54, 1.807) is 0 Å². The Balaban J connectivity index is 1.60. The standard InChI is InChI=1S/C16H16N2O2S/c19-15-2-1-8-18(15)14-5-3-12(4-6-14)10-17-16(20)13-7-9-21-11-13/h3-7,9,11H,1-2,8,10H2,(H,17,20). The summed E-state index contributed by atoms with van der Waals surface area (Å²) in [5, 5.41) is 6.60. The van der Waals surface area contributed by atoms with E-state index in [1.165, 1.54) is 11.3 Å². The fourth-order valence-corrected chi connectivity index (χ4v) is 3.03. The SMILES string of the molecule is O=C(NCc1ccc(N2CCCC2=O)cc1)c1ccsc1. The number of carbonyl (C=O) groups is 2. The first-order chi connectivity index (χ1) is 10.2. The average molecular weight is 300 g/mol. The molecule has 1 fully saturated rings. The van der Waals surface area contributed by atoms with Gasteiger partial charge in [-0.25, -0.2) is 0 Å². The van der Waals surface area contributed by atoms with Crippen LogP contribution >= 0.6 is 11.3 Å². The van der Waals surface area contributed by atoms with E-state index < -0.39 is 0 Å². The first-order valence-corrected chi connectivity index (χ1v) is 7.88. The zero-order valence-corrected chi connectivity index (χ0v) is 12.4. The Kier molecular flexibility index (Phi) is 4.01. The predicted molar refractivity (Wildman–Crippen MR) is 83.5 cm³/mol. The minimum atomic E-state index is -0.0601. The number of anilines is 1. The number of hydrogen-bond acceptors (Lipinski definition) is 3. The summed E-state index contributed by atoms with van der Waals surface area (Å²) in [5.41, 5.74) is 2.65. The summed E-state index contributed by atoms with van der Waals surface area (Å²) in [4.78, 5) is 25.3. The number of carbonyl (C=O) groups excluding carboxylic acids is 2. The van der Waals surface area contributed by atoms with Gasteiger partial charge in [0.15, 0.2) is 0 Å². The largest absolute Gasteiger partial charge is 0.348 e. The summed E-state index contributed by atoms with van der Waals surface area (Å²) in [6.07, 6.45) is 1.57. The molecular weight excluding hydrogens is 284 g/mol. The minimum Gasteiger partial charge on any atom is -0.348 e. The maximum atomic E-state index is 11.8. The van der Waals surface area contributed by atoms with Gasteiger partial charge in [0.2, 0.25) is 5.91 Å². The Morgan fingerprint density at radius 2 is 2.05 bits per heavy atom. The van der Waals surface area contributed by atoms with Crippen LogP contribution in [0.3, 0.4) is 0 Å². The van der Waals surface area contributed by atoms with Crippen molar-refractivity contribution < 1.29 is 9.59 Å². The average Bonchev–Trinajstić information content (AvgIpc) is 3.17. The quantitative estimate of drug-likeness (QED) is 0.944. The van der Waals surface area contributed by atoms with E-state index in [1.807, 2.05) is 46.0 Å². The summed E-state index contributed by atoms with van der Waals surface area (Å²) in [5.74, 6) is 0.128. The monoisotopic (exact) mass is 300 g/mol. The molecule has 108 valence electrons. The third kappa shape index (κ3) is 3.13. The molecule has 5 heteroatoms. The van der Waals surface area contributed by atoms with Crippen molar-refractivity contribution in [3.8, 4) is 0 Å². The second kappa shape index (κ2) is 6.10. The van der Waals surface area contributed by atoms with E-state index in [2.05, 4.69) is 5.32 Å². The van der Waals surface area contributed by atoms with Crippen molar-refractivity contribution in [3.63, 3.8) is 0 Å². The van der Waals surface area contributed by atoms with Gasteiger partial charge in [0, 0.05) is 36.1 Å². The van der Waals surface area contributed by atoms with Crippen LogP contribution in [-0.4, -0.2) is 18.4 Å². The molecule has 1 N–H and O–H groups in total. The molecular formula is C16H16N2O2S. The molecule has 0 spiro atoms. The van der Waals surface area contributed by atoms with E-state index >= 15 is 0 Å². The van der Waals surface area contributed by atoms with Crippen LogP contribution in [0.15, 0.2) is 41.1 Å². The molecule has 3 rings (SSSR count). The van der Waals surface area contributed by atoms with E-state index in [9.17, 15) is 9.59 Å².